The lowest BCUT2D eigenvalue weighted by Crippen LogP contribution is -2.69. The number of aryl methyl sites for hydroxylation is 1. The van der Waals surface area contributed by atoms with Gasteiger partial charge in [-0.1, -0.05) is 18.2 Å². The second kappa shape index (κ2) is 7.89. The molecule has 0 unspecified atom stereocenters. The van der Waals surface area contributed by atoms with Crippen LogP contribution in [0, 0.1) is 6.92 Å². The van der Waals surface area contributed by atoms with Crippen molar-refractivity contribution in [1.82, 2.24) is 5.32 Å². The van der Waals surface area contributed by atoms with Crippen molar-refractivity contribution in [2.75, 3.05) is 18.5 Å². The van der Waals surface area contributed by atoms with E-state index in [1.165, 1.54) is 26.0 Å². The molecule has 0 radical (unpaired) electrons. The van der Waals surface area contributed by atoms with Gasteiger partial charge in [0, 0.05) is 5.69 Å². The molecular formula is C15H19F3N2O4. The maximum atomic E-state index is 13.7. The number of amides is 1. The maximum Gasteiger partial charge on any atom is 0.442 e. The summed E-state index contributed by atoms with van der Waals surface area (Å²) >= 11 is 0. The smallest absolute Gasteiger partial charge is 0.442 e. The Morgan fingerprint density at radius 1 is 1.08 bits per heavy atom. The molecule has 0 aliphatic rings. The van der Waals surface area contributed by atoms with E-state index in [-0.39, 0.29) is 18.9 Å². The first-order chi connectivity index (χ1) is 11.2. The van der Waals surface area contributed by atoms with Crippen LogP contribution in [-0.2, 0) is 14.3 Å². The van der Waals surface area contributed by atoms with Gasteiger partial charge in [-0.2, -0.15) is 13.2 Å². The van der Waals surface area contributed by atoms with Crippen molar-refractivity contribution in [3.8, 4) is 0 Å². The Bertz CT molecular complexity index is 592. The number of alkyl halides is 3. The molecule has 0 saturated heterocycles. The average molecular weight is 348 g/mol. The van der Waals surface area contributed by atoms with Gasteiger partial charge >= 0.3 is 23.9 Å². The third-order valence-corrected chi connectivity index (χ3v) is 3.04. The molecule has 24 heavy (non-hydrogen) atoms. The number of rotatable bonds is 6. The van der Waals surface area contributed by atoms with Gasteiger partial charge in [-0.15, -0.1) is 0 Å². The molecule has 1 aromatic rings. The zero-order chi connectivity index (χ0) is 18.4. The zero-order valence-corrected chi connectivity index (χ0v) is 13.5. The number of carbonyl (C=O) groups is 2. The lowest BCUT2D eigenvalue weighted by Gasteiger charge is -2.35. The molecule has 0 fully saturated rings. The summed E-state index contributed by atoms with van der Waals surface area (Å²) in [7, 11) is 0. The van der Waals surface area contributed by atoms with Crippen LogP contribution in [0.1, 0.15) is 19.4 Å². The minimum atomic E-state index is -5.19. The summed E-state index contributed by atoms with van der Waals surface area (Å²) in [6.45, 7) is 3.88. The fourth-order valence-corrected chi connectivity index (χ4v) is 1.87. The Morgan fingerprint density at radius 3 is 2.17 bits per heavy atom. The molecule has 1 amide bonds. The number of alkyl carbamates (subject to hydrolysis) is 1. The van der Waals surface area contributed by atoms with Crippen LogP contribution < -0.4 is 10.6 Å². The normalized spacial score (nSPS) is 13.6. The number of esters is 1. The maximum absolute atomic E-state index is 13.7. The van der Waals surface area contributed by atoms with Crippen LogP contribution in [0.15, 0.2) is 24.3 Å². The summed E-state index contributed by atoms with van der Waals surface area (Å²) in [5.74, 6) is -1.69. The first-order valence-electron chi connectivity index (χ1n) is 7.20. The van der Waals surface area contributed by atoms with Crippen LogP contribution in [0.5, 0.6) is 0 Å². The monoisotopic (exact) mass is 348 g/mol. The number of carbonyl (C=O) groups excluding carboxylic acids is 2. The van der Waals surface area contributed by atoms with E-state index in [4.69, 9.17) is 0 Å². The second-order valence-corrected chi connectivity index (χ2v) is 4.75. The van der Waals surface area contributed by atoms with Crippen molar-refractivity contribution in [3.63, 3.8) is 0 Å². The standard InChI is InChI=1S/C15H19F3N2O4/c1-4-23-12(21)14(15(16,17)18,20-13(22)24-5-2)19-11-9-7-6-8-10(11)3/h6-9,19H,4-5H2,1-3H3,(H,20,22)/t14-/m1/s1. The van der Waals surface area contributed by atoms with E-state index in [1.54, 1.807) is 24.4 Å². The van der Waals surface area contributed by atoms with E-state index in [2.05, 4.69) is 14.8 Å². The highest BCUT2D eigenvalue weighted by atomic mass is 19.4. The molecule has 134 valence electrons. The molecular weight excluding hydrogens is 329 g/mol. The van der Waals surface area contributed by atoms with Gasteiger partial charge in [0.05, 0.1) is 13.2 Å². The summed E-state index contributed by atoms with van der Waals surface area (Å²) in [6, 6.07) is 6.02. The Labute approximate surface area is 137 Å². The Balaban J connectivity index is 3.37. The molecule has 1 rings (SSSR count). The van der Waals surface area contributed by atoms with Crippen LogP contribution in [0.4, 0.5) is 23.7 Å². The minimum Gasteiger partial charge on any atom is -0.463 e. The fraction of sp³-hybridized carbons (Fsp3) is 0.467. The molecule has 1 atom stereocenters. The van der Waals surface area contributed by atoms with E-state index in [9.17, 15) is 22.8 Å². The summed E-state index contributed by atoms with van der Waals surface area (Å²) < 4.78 is 50.2. The molecule has 0 aliphatic heterocycles. The van der Waals surface area contributed by atoms with Crippen molar-refractivity contribution >= 4 is 17.7 Å². The number of halogens is 3. The number of benzene rings is 1. The van der Waals surface area contributed by atoms with Crippen LogP contribution >= 0.6 is 0 Å². The highest BCUT2D eigenvalue weighted by Gasteiger charge is 2.64. The molecule has 6 nitrogen and oxygen atoms in total. The molecule has 0 heterocycles. The molecule has 0 aliphatic carbocycles. The number of hydrogen-bond donors (Lipinski definition) is 2. The van der Waals surface area contributed by atoms with E-state index < -0.39 is 23.9 Å². The van der Waals surface area contributed by atoms with E-state index in [0.717, 1.165) is 0 Å². The fourth-order valence-electron chi connectivity index (χ4n) is 1.87. The van der Waals surface area contributed by atoms with Gasteiger partial charge < -0.3 is 14.8 Å². The number of hydrogen-bond acceptors (Lipinski definition) is 5. The molecule has 1 aromatic carbocycles. The number of ether oxygens (including phenoxy) is 2. The largest absolute Gasteiger partial charge is 0.463 e. The van der Waals surface area contributed by atoms with E-state index in [0.29, 0.717) is 5.56 Å². The zero-order valence-electron chi connectivity index (χ0n) is 13.5. The van der Waals surface area contributed by atoms with Gasteiger partial charge in [-0.25, -0.2) is 9.59 Å². The predicted molar refractivity (Wildman–Crippen MR) is 80.4 cm³/mol. The molecule has 0 bridgehead atoms. The summed E-state index contributed by atoms with van der Waals surface area (Å²) in [5.41, 5.74) is -3.01. The average Bonchev–Trinajstić information content (AvgIpc) is 2.48. The van der Waals surface area contributed by atoms with Crippen LogP contribution in [0.2, 0.25) is 0 Å². The molecule has 0 saturated carbocycles. The Morgan fingerprint density at radius 2 is 1.67 bits per heavy atom. The lowest BCUT2D eigenvalue weighted by molar-refractivity contribution is -0.205. The van der Waals surface area contributed by atoms with Crippen LogP contribution in [0.25, 0.3) is 0 Å². The van der Waals surface area contributed by atoms with Gasteiger partial charge in [0.25, 0.3) is 0 Å². The van der Waals surface area contributed by atoms with Crippen molar-refractivity contribution in [1.29, 1.82) is 0 Å². The van der Waals surface area contributed by atoms with Crippen molar-refractivity contribution in [2.24, 2.45) is 0 Å². The van der Waals surface area contributed by atoms with Gasteiger partial charge in [-0.3, -0.25) is 5.32 Å². The Hall–Kier alpha value is -2.45. The van der Waals surface area contributed by atoms with E-state index in [1.807, 2.05) is 0 Å². The number of para-hydroxylation sites is 1. The van der Waals surface area contributed by atoms with Gasteiger partial charge in [0.2, 0.25) is 0 Å². The lowest BCUT2D eigenvalue weighted by atomic mass is 10.1. The van der Waals surface area contributed by atoms with Crippen molar-refractivity contribution in [3.05, 3.63) is 29.8 Å². The van der Waals surface area contributed by atoms with Crippen molar-refractivity contribution < 1.29 is 32.2 Å². The number of nitrogens with one attached hydrogen (secondary N) is 2. The third-order valence-electron chi connectivity index (χ3n) is 3.04. The quantitative estimate of drug-likeness (QED) is 0.611. The summed E-state index contributed by atoms with van der Waals surface area (Å²) in [6.07, 6.45) is -6.59. The molecule has 0 spiro atoms. The molecule has 0 aromatic heterocycles. The van der Waals surface area contributed by atoms with Crippen LogP contribution in [0.3, 0.4) is 0 Å². The third kappa shape index (κ3) is 4.30. The van der Waals surface area contributed by atoms with Crippen molar-refractivity contribution in [2.45, 2.75) is 32.6 Å². The first-order valence-corrected chi connectivity index (χ1v) is 7.20. The minimum absolute atomic E-state index is 0.0136. The highest BCUT2D eigenvalue weighted by molar-refractivity contribution is 5.89. The summed E-state index contributed by atoms with van der Waals surface area (Å²) in [4.78, 5) is 23.7. The molecule has 9 heteroatoms. The van der Waals surface area contributed by atoms with Gasteiger partial charge in [-0.05, 0) is 32.4 Å². The highest BCUT2D eigenvalue weighted by Crippen LogP contribution is 2.34. The SMILES string of the molecule is CCOC(=O)N[C@](Nc1ccccc1C)(C(=O)OCC)C(F)(F)F. The predicted octanol–water partition coefficient (Wildman–Crippen LogP) is 2.97. The Kier molecular flexibility index (Phi) is 6.44. The topological polar surface area (TPSA) is 76.7 Å². The van der Waals surface area contributed by atoms with Gasteiger partial charge in [0.1, 0.15) is 0 Å². The van der Waals surface area contributed by atoms with Gasteiger partial charge in [0.15, 0.2) is 0 Å². The second-order valence-electron chi connectivity index (χ2n) is 4.75. The van der Waals surface area contributed by atoms with Crippen LogP contribution in [-0.4, -0.2) is 37.1 Å². The first kappa shape index (κ1) is 19.6. The van der Waals surface area contributed by atoms with E-state index >= 15 is 0 Å². The molecule has 2 N–H and O–H groups in total. The number of anilines is 1. The summed E-state index contributed by atoms with van der Waals surface area (Å²) in [5, 5.41) is 3.62.